The highest BCUT2D eigenvalue weighted by molar-refractivity contribution is 5.97. The van der Waals surface area contributed by atoms with Crippen LogP contribution < -0.4 is 11.1 Å². The lowest BCUT2D eigenvalue weighted by atomic mass is 10.1. The van der Waals surface area contributed by atoms with Crippen molar-refractivity contribution in [1.29, 1.82) is 0 Å². The molecule has 1 heterocycles. The van der Waals surface area contributed by atoms with Crippen LogP contribution in [0.4, 0.5) is 11.5 Å². The van der Waals surface area contributed by atoms with Crippen molar-refractivity contribution in [1.82, 2.24) is 4.98 Å². The third-order valence-corrected chi connectivity index (χ3v) is 2.90. The Balaban J connectivity index is 2.52. The molecular weight excluding hydrogens is 242 g/mol. The first-order valence-electron chi connectivity index (χ1n) is 6.63. The number of nitrogens with zero attached hydrogens (tertiary/aromatic N) is 1. The van der Waals surface area contributed by atoms with E-state index in [1.54, 1.807) is 12.3 Å². The van der Waals surface area contributed by atoms with Crippen molar-refractivity contribution in [2.24, 2.45) is 5.92 Å². The summed E-state index contributed by atoms with van der Waals surface area (Å²) in [6, 6.07) is 1.56. The van der Waals surface area contributed by atoms with E-state index >= 15 is 0 Å². The number of carbonyl (C=O) groups is 1. The molecular formula is C14H23N3O2. The maximum Gasteiger partial charge on any atom is 0.340 e. The van der Waals surface area contributed by atoms with Gasteiger partial charge in [0.15, 0.2) is 0 Å². The molecule has 0 unspecified atom stereocenters. The topological polar surface area (TPSA) is 77.2 Å². The van der Waals surface area contributed by atoms with Crippen LogP contribution >= 0.6 is 0 Å². The average molecular weight is 265 g/mol. The number of pyridine rings is 1. The molecule has 1 rings (SSSR count). The number of carbonyl (C=O) groups excluding carboxylic acids is 1. The molecule has 0 fully saturated rings. The number of aromatic nitrogens is 1. The van der Waals surface area contributed by atoms with Gasteiger partial charge in [0.1, 0.15) is 5.82 Å². The zero-order valence-electron chi connectivity index (χ0n) is 11.9. The fraction of sp³-hybridized carbons (Fsp3) is 0.571. The second kappa shape index (κ2) is 7.61. The van der Waals surface area contributed by atoms with Crippen LogP contribution in [0.15, 0.2) is 12.3 Å². The third kappa shape index (κ3) is 4.77. The highest BCUT2D eigenvalue weighted by atomic mass is 16.5. The lowest BCUT2D eigenvalue weighted by Crippen LogP contribution is -2.11. The SMILES string of the molecule is COC(=O)c1ccnc(NCCCCC(C)C)c1N. The molecule has 0 amide bonds. The molecule has 0 spiro atoms. The predicted molar refractivity (Wildman–Crippen MR) is 77.2 cm³/mol. The first kappa shape index (κ1) is 15.3. The quantitative estimate of drug-likeness (QED) is 0.585. The van der Waals surface area contributed by atoms with Gasteiger partial charge in [-0.15, -0.1) is 0 Å². The molecule has 0 bridgehead atoms. The van der Waals surface area contributed by atoms with Crippen LogP contribution in [0.3, 0.4) is 0 Å². The average Bonchev–Trinajstić information content (AvgIpc) is 2.39. The molecule has 19 heavy (non-hydrogen) atoms. The van der Waals surface area contributed by atoms with Gasteiger partial charge in [-0.2, -0.15) is 0 Å². The normalized spacial score (nSPS) is 10.5. The smallest absolute Gasteiger partial charge is 0.340 e. The summed E-state index contributed by atoms with van der Waals surface area (Å²) in [5.41, 5.74) is 6.59. The minimum absolute atomic E-state index is 0.346. The molecule has 106 valence electrons. The molecule has 3 N–H and O–H groups in total. The highest BCUT2D eigenvalue weighted by Crippen LogP contribution is 2.20. The molecule has 0 radical (unpaired) electrons. The van der Waals surface area contributed by atoms with Crippen LogP contribution in [0.1, 0.15) is 43.5 Å². The Hall–Kier alpha value is -1.78. The molecule has 0 saturated heterocycles. The van der Waals surface area contributed by atoms with E-state index in [0.717, 1.165) is 18.9 Å². The van der Waals surface area contributed by atoms with E-state index in [1.807, 2.05) is 0 Å². The minimum atomic E-state index is -0.442. The Morgan fingerprint density at radius 2 is 2.21 bits per heavy atom. The first-order chi connectivity index (χ1) is 9.06. The number of nitrogen functional groups attached to an aromatic ring is 1. The lowest BCUT2D eigenvalue weighted by Gasteiger charge is -2.11. The molecule has 5 nitrogen and oxygen atoms in total. The van der Waals surface area contributed by atoms with E-state index < -0.39 is 5.97 Å². The summed E-state index contributed by atoms with van der Waals surface area (Å²) >= 11 is 0. The third-order valence-electron chi connectivity index (χ3n) is 2.90. The molecule has 1 aromatic heterocycles. The van der Waals surface area contributed by atoms with Gasteiger partial charge in [-0.3, -0.25) is 0 Å². The Kier molecular flexibility index (Phi) is 6.12. The largest absolute Gasteiger partial charge is 0.465 e. The van der Waals surface area contributed by atoms with E-state index in [4.69, 9.17) is 5.73 Å². The fourth-order valence-corrected chi connectivity index (χ4v) is 1.79. The summed E-state index contributed by atoms with van der Waals surface area (Å²) < 4.78 is 4.67. The monoisotopic (exact) mass is 265 g/mol. The molecule has 0 aliphatic rings. The number of nitrogens with one attached hydrogen (secondary N) is 1. The van der Waals surface area contributed by atoms with Gasteiger partial charge in [0.25, 0.3) is 0 Å². The van der Waals surface area contributed by atoms with Crippen molar-refractivity contribution in [2.75, 3.05) is 24.7 Å². The maximum absolute atomic E-state index is 11.5. The number of rotatable bonds is 7. The minimum Gasteiger partial charge on any atom is -0.465 e. The van der Waals surface area contributed by atoms with Crippen molar-refractivity contribution in [2.45, 2.75) is 33.1 Å². The van der Waals surface area contributed by atoms with Gasteiger partial charge in [-0.25, -0.2) is 9.78 Å². The standard InChI is InChI=1S/C14H23N3O2/c1-10(2)6-4-5-8-16-13-12(15)11(7-9-17-13)14(18)19-3/h7,9-10H,4-6,8,15H2,1-3H3,(H,16,17). The van der Waals surface area contributed by atoms with E-state index in [-0.39, 0.29) is 0 Å². The van der Waals surface area contributed by atoms with Crippen molar-refractivity contribution in [3.05, 3.63) is 17.8 Å². The van der Waals surface area contributed by atoms with Gasteiger partial charge in [0, 0.05) is 12.7 Å². The van der Waals surface area contributed by atoms with E-state index in [0.29, 0.717) is 17.1 Å². The zero-order valence-corrected chi connectivity index (χ0v) is 11.9. The van der Waals surface area contributed by atoms with Crippen LogP contribution in [-0.2, 0) is 4.74 Å². The maximum atomic E-state index is 11.5. The van der Waals surface area contributed by atoms with Gasteiger partial charge in [0.2, 0.25) is 0 Å². The number of methoxy groups -OCH3 is 1. The number of nitrogens with two attached hydrogens (primary N) is 1. The van der Waals surface area contributed by atoms with E-state index in [9.17, 15) is 4.79 Å². The van der Waals surface area contributed by atoms with Gasteiger partial charge >= 0.3 is 5.97 Å². The van der Waals surface area contributed by atoms with Crippen molar-refractivity contribution in [3.63, 3.8) is 0 Å². The van der Waals surface area contributed by atoms with Crippen LogP contribution in [0.25, 0.3) is 0 Å². The Bertz CT molecular complexity index is 419. The second-order valence-electron chi connectivity index (χ2n) is 4.93. The number of unbranched alkanes of at least 4 members (excludes halogenated alkanes) is 1. The Labute approximate surface area is 114 Å². The zero-order chi connectivity index (χ0) is 14.3. The summed E-state index contributed by atoms with van der Waals surface area (Å²) in [6.07, 6.45) is 4.99. The van der Waals surface area contributed by atoms with Crippen molar-refractivity contribution in [3.8, 4) is 0 Å². The van der Waals surface area contributed by atoms with E-state index in [1.165, 1.54) is 20.0 Å². The Morgan fingerprint density at radius 3 is 2.84 bits per heavy atom. The predicted octanol–water partition coefficient (Wildman–Crippen LogP) is 2.69. The van der Waals surface area contributed by atoms with Crippen LogP contribution in [0.2, 0.25) is 0 Å². The summed E-state index contributed by atoms with van der Waals surface area (Å²) in [7, 11) is 1.33. The fourth-order valence-electron chi connectivity index (χ4n) is 1.79. The Morgan fingerprint density at radius 1 is 1.47 bits per heavy atom. The summed E-state index contributed by atoms with van der Waals surface area (Å²) in [5, 5.41) is 3.16. The number of hydrogen-bond acceptors (Lipinski definition) is 5. The summed E-state index contributed by atoms with van der Waals surface area (Å²) in [5.74, 6) is 0.834. The van der Waals surface area contributed by atoms with Crippen LogP contribution in [0, 0.1) is 5.92 Å². The number of anilines is 2. The van der Waals surface area contributed by atoms with Gasteiger partial charge in [0.05, 0.1) is 18.4 Å². The number of hydrogen-bond donors (Lipinski definition) is 2. The molecule has 1 aromatic rings. The molecule has 0 aliphatic heterocycles. The highest BCUT2D eigenvalue weighted by Gasteiger charge is 2.13. The van der Waals surface area contributed by atoms with Gasteiger partial charge in [-0.1, -0.05) is 26.7 Å². The van der Waals surface area contributed by atoms with Crippen molar-refractivity contribution < 1.29 is 9.53 Å². The summed E-state index contributed by atoms with van der Waals surface area (Å²) in [6.45, 7) is 5.23. The number of esters is 1. The number of ether oxygens (including phenoxy) is 1. The molecule has 5 heteroatoms. The molecule has 0 atom stereocenters. The molecule has 0 aromatic carbocycles. The lowest BCUT2D eigenvalue weighted by molar-refractivity contribution is 0.0602. The molecule has 0 saturated carbocycles. The first-order valence-corrected chi connectivity index (χ1v) is 6.63. The van der Waals surface area contributed by atoms with Crippen LogP contribution in [-0.4, -0.2) is 24.6 Å². The van der Waals surface area contributed by atoms with Gasteiger partial charge < -0.3 is 15.8 Å². The van der Waals surface area contributed by atoms with E-state index in [2.05, 4.69) is 28.9 Å². The van der Waals surface area contributed by atoms with Crippen molar-refractivity contribution >= 4 is 17.5 Å². The summed E-state index contributed by atoms with van der Waals surface area (Å²) in [4.78, 5) is 15.6. The van der Waals surface area contributed by atoms with Crippen LogP contribution in [0.5, 0.6) is 0 Å². The van der Waals surface area contributed by atoms with Gasteiger partial charge in [-0.05, 0) is 18.4 Å². The second-order valence-corrected chi connectivity index (χ2v) is 4.93. The molecule has 0 aliphatic carbocycles.